The average molecular weight is 393 g/mol. The molecule has 0 saturated carbocycles. The van der Waals surface area contributed by atoms with Crippen molar-refractivity contribution in [3.63, 3.8) is 0 Å². The van der Waals surface area contributed by atoms with Crippen molar-refractivity contribution in [1.29, 1.82) is 0 Å². The van der Waals surface area contributed by atoms with Gasteiger partial charge in [0.05, 0.1) is 29.9 Å². The van der Waals surface area contributed by atoms with Crippen LogP contribution < -0.4 is 5.32 Å². The van der Waals surface area contributed by atoms with Crippen molar-refractivity contribution < 1.29 is 9.53 Å². The zero-order valence-electron chi connectivity index (χ0n) is 17.0. The number of aryl methyl sites for hydroxylation is 2. The lowest BCUT2D eigenvalue weighted by Crippen LogP contribution is -2.38. The van der Waals surface area contributed by atoms with E-state index in [1.807, 2.05) is 30.5 Å². The van der Waals surface area contributed by atoms with Crippen LogP contribution in [0.3, 0.4) is 0 Å². The van der Waals surface area contributed by atoms with Crippen molar-refractivity contribution in [3.05, 3.63) is 59.7 Å². The summed E-state index contributed by atoms with van der Waals surface area (Å²) in [6, 6.07) is 12.3. The van der Waals surface area contributed by atoms with Crippen LogP contribution in [0.5, 0.6) is 0 Å². The van der Waals surface area contributed by atoms with Crippen LogP contribution in [-0.2, 0) is 29.5 Å². The summed E-state index contributed by atoms with van der Waals surface area (Å²) >= 11 is 0. The van der Waals surface area contributed by atoms with Gasteiger partial charge in [-0.1, -0.05) is 18.2 Å². The number of aromatic nitrogens is 3. The van der Waals surface area contributed by atoms with E-state index in [2.05, 4.69) is 38.9 Å². The summed E-state index contributed by atoms with van der Waals surface area (Å²) in [6.45, 7) is 3.13. The summed E-state index contributed by atoms with van der Waals surface area (Å²) in [5, 5.41) is 2.64. The van der Waals surface area contributed by atoms with Gasteiger partial charge in [0.1, 0.15) is 11.9 Å². The van der Waals surface area contributed by atoms with Crippen molar-refractivity contribution in [3.8, 4) is 0 Å². The standard InChI is InChI=1S/C22H27N5O2/c1-23-22(28)10-8-16-7-9-18(24-13-16)20-14-27(11-12-29-20)15-21-25-17-5-3-4-6-19(17)26(21)2/h3-7,9,13,20H,8,10-12,14-15H2,1-2H3,(H,23,28). The van der Waals surface area contributed by atoms with E-state index in [1.54, 1.807) is 7.05 Å². The number of carbonyl (C=O) groups excluding carboxylic acids is 1. The lowest BCUT2D eigenvalue weighted by atomic mass is 10.1. The average Bonchev–Trinajstić information content (AvgIpc) is 3.08. The van der Waals surface area contributed by atoms with E-state index in [0.29, 0.717) is 19.4 Å². The monoisotopic (exact) mass is 393 g/mol. The second kappa shape index (κ2) is 8.71. The van der Waals surface area contributed by atoms with E-state index < -0.39 is 0 Å². The van der Waals surface area contributed by atoms with Crippen LogP contribution in [0.4, 0.5) is 0 Å². The van der Waals surface area contributed by atoms with Gasteiger partial charge in [-0.25, -0.2) is 4.98 Å². The van der Waals surface area contributed by atoms with Crippen LogP contribution >= 0.6 is 0 Å². The molecule has 0 spiro atoms. The molecular formula is C22H27N5O2. The maximum atomic E-state index is 11.4. The van der Waals surface area contributed by atoms with Gasteiger partial charge in [-0.15, -0.1) is 0 Å². The second-order valence-electron chi connectivity index (χ2n) is 7.43. The van der Waals surface area contributed by atoms with E-state index >= 15 is 0 Å². The Morgan fingerprint density at radius 1 is 1.28 bits per heavy atom. The molecule has 1 unspecified atom stereocenters. The van der Waals surface area contributed by atoms with Crippen molar-refractivity contribution in [2.75, 3.05) is 26.7 Å². The van der Waals surface area contributed by atoms with Gasteiger partial charge in [0, 0.05) is 39.8 Å². The summed E-state index contributed by atoms with van der Waals surface area (Å²) < 4.78 is 8.15. The maximum absolute atomic E-state index is 11.4. The zero-order valence-corrected chi connectivity index (χ0v) is 17.0. The van der Waals surface area contributed by atoms with Crippen molar-refractivity contribution in [2.24, 2.45) is 7.05 Å². The molecule has 1 amide bonds. The number of morpholine rings is 1. The summed E-state index contributed by atoms with van der Waals surface area (Å²) in [4.78, 5) is 23.2. The van der Waals surface area contributed by atoms with E-state index in [0.717, 1.165) is 47.7 Å². The molecule has 0 aliphatic carbocycles. The van der Waals surface area contributed by atoms with Crippen LogP contribution in [0.15, 0.2) is 42.6 Å². The molecule has 1 N–H and O–H groups in total. The molecule has 3 aromatic rings. The highest BCUT2D eigenvalue weighted by atomic mass is 16.5. The molecule has 1 fully saturated rings. The minimum absolute atomic E-state index is 0.0438. The first-order valence-corrected chi connectivity index (χ1v) is 10.0. The van der Waals surface area contributed by atoms with Gasteiger partial charge in [-0.3, -0.25) is 14.7 Å². The molecule has 1 aliphatic heterocycles. The number of hydrogen-bond acceptors (Lipinski definition) is 5. The lowest BCUT2D eigenvalue weighted by molar-refractivity contribution is -0.120. The van der Waals surface area contributed by atoms with Gasteiger partial charge in [0.2, 0.25) is 5.91 Å². The number of rotatable bonds is 6. The third-order valence-corrected chi connectivity index (χ3v) is 5.49. The van der Waals surface area contributed by atoms with Crippen LogP contribution in [0.2, 0.25) is 0 Å². The third kappa shape index (κ3) is 4.46. The predicted molar refractivity (Wildman–Crippen MR) is 111 cm³/mol. The fourth-order valence-electron chi connectivity index (χ4n) is 3.72. The number of imidazole rings is 1. The number of amides is 1. The Balaban J connectivity index is 1.40. The zero-order chi connectivity index (χ0) is 20.2. The molecular weight excluding hydrogens is 366 g/mol. The number of nitrogens with zero attached hydrogens (tertiary/aromatic N) is 4. The number of pyridine rings is 1. The fraction of sp³-hybridized carbons (Fsp3) is 0.409. The molecule has 1 saturated heterocycles. The Bertz CT molecular complexity index is 983. The van der Waals surface area contributed by atoms with Gasteiger partial charge in [-0.05, 0) is 30.2 Å². The van der Waals surface area contributed by atoms with Crippen LogP contribution in [-0.4, -0.2) is 52.1 Å². The summed E-state index contributed by atoms with van der Waals surface area (Å²) in [6.07, 6.45) is 2.97. The van der Waals surface area contributed by atoms with E-state index in [1.165, 1.54) is 0 Å². The van der Waals surface area contributed by atoms with Crippen molar-refractivity contribution >= 4 is 16.9 Å². The molecule has 1 atom stereocenters. The second-order valence-corrected chi connectivity index (χ2v) is 7.43. The molecule has 1 aromatic carbocycles. The summed E-state index contributed by atoms with van der Waals surface area (Å²) in [5.41, 5.74) is 4.18. The highest BCUT2D eigenvalue weighted by Gasteiger charge is 2.24. The first-order valence-electron chi connectivity index (χ1n) is 10.0. The minimum Gasteiger partial charge on any atom is -0.369 e. The lowest BCUT2D eigenvalue weighted by Gasteiger charge is -2.32. The predicted octanol–water partition coefficient (Wildman–Crippen LogP) is 2.22. The Hall–Kier alpha value is -2.77. The molecule has 4 rings (SSSR count). The quantitative estimate of drug-likeness (QED) is 0.695. The first-order chi connectivity index (χ1) is 14.1. The largest absolute Gasteiger partial charge is 0.369 e. The normalized spacial score (nSPS) is 17.5. The van der Waals surface area contributed by atoms with Crippen molar-refractivity contribution in [2.45, 2.75) is 25.5 Å². The summed E-state index contributed by atoms with van der Waals surface area (Å²) in [5.74, 6) is 1.10. The molecule has 2 aromatic heterocycles. The molecule has 152 valence electrons. The maximum Gasteiger partial charge on any atom is 0.220 e. The van der Waals surface area contributed by atoms with Gasteiger partial charge in [0.15, 0.2) is 0 Å². The van der Waals surface area contributed by atoms with Gasteiger partial charge >= 0.3 is 0 Å². The Morgan fingerprint density at radius 2 is 2.14 bits per heavy atom. The smallest absolute Gasteiger partial charge is 0.220 e. The molecule has 29 heavy (non-hydrogen) atoms. The Kier molecular flexibility index (Phi) is 5.87. The minimum atomic E-state index is -0.0496. The molecule has 1 aliphatic rings. The van der Waals surface area contributed by atoms with E-state index in [9.17, 15) is 4.79 Å². The van der Waals surface area contributed by atoms with Crippen LogP contribution in [0.25, 0.3) is 11.0 Å². The van der Waals surface area contributed by atoms with Crippen LogP contribution in [0.1, 0.15) is 29.6 Å². The number of benzene rings is 1. The van der Waals surface area contributed by atoms with Gasteiger partial charge in [0.25, 0.3) is 0 Å². The number of ether oxygens (including phenoxy) is 1. The highest BCUT2D eigenvalue weighted by molar-refractivity contribution is 5.76. The van der Waals surface area contributed by atoms with Crippen molar-refractivity contribution in [1.82, 2.24) is 24.8 Å². The summed E-state index contributed by atoms with van der Waals surface area (Å²) in [7, 11) is 3.73. The molecule has 7 heteroatoms. The first kappa shape index (κ1) is 19.5. The third-order valence-electron chi connectivity index (χ3n) is 5.49. The van der Waals surface area contributed by atoms with E-state index in [-0.39, 0.29) is 12.0 Å². The van der Waals surface area contributed by atoms with Gasteiger partial charge in [-0.2, -0.15) is 0 Å². The molecule has 0 radical (unpaired) electrons. The number of para-hydroxylation sites is 2. The molecule has 3 heterocycles. The Labute approximate surface area is 170 Å². The fourth-order valence-corrected chi connectivity index (χ4v) is 3.72. The number of carbonyl (C=O) groups is 1. The SMILES string of the molecule is CNC(=O)CCc1ccc(C2CN(Cc3nc4ccccc4n3C)CCO2)nc1. The molecule has 0 bridgehead atoms. The Morgan fingerprint density at radius 3 is 2.90 bits per heavy atom. The van der Waals surface area contributed by atoms with E-state index in [4.69, 9.17) is 9.72 Å². The highest BCUT2D eigenvalue weighted by Crippen LogP contribution is 2.23. The number of hydrogen-bond donors (Lipinski definition) is 1. The number of fused-ring (bicyclic) bond motifs is 1. The van der Waals surface area contributed by atoms with Gasteiger partial charge < -0.3 is 14.6 Å². The van der Waals surface area contributed by atoms with Crippen LogP contribution in [0, 0.1) is 0 Å². The molecule has 7 nitrogen and oxygen atoms in total. The number of nitrogens with one attached hydrogen (secondary N) is 1. The topological polar surface area (TPSA) is 72.3 Å².